The summed E-state index contributed by atoms with van der Waals surface area (Å²) in [5.41, 5.74) is 14.3. The van der Waals surface area contributed by atoms with Gasteiger partial charge in [-0.25, -0.2) is 0 Å². The van der Waals surface area contributed by atoms with Crippen molar-refractivity contribution >= 4 is 5.78 Å². The molecule has 2 aromatic carbocycles. The zero-order valence-electron chi connectivity index (χ0n) is 12.1. The standard InChI is InChI=1S/C18H22N2O/c19-16(11-14-7-3-1-4-8-14)13-18(21)17(20)12-15-9-5-2-6-10-15/h1-10,16-17H,11-13,19-20H2. The minimum Gasteiger partial charge on any atom is -0.327 e. The van der Waals surface area contributed by atoms with Gasteiger partial charge in [-0.05, 0) is 24.0 Å². The van der Waals surface area contributed by atoms with Crippen LogP contribution in [0.5, 0.6) is 0 Å². The van der Waals surface area contributed by atoms with E-state index in [0.717, 1.165) is 11.1 Å². The van der Waals surface area contributed by atoms with Crippen molar-refractivity contribution < 1.29 is 4.79 Å². The second-order valence-corrected chi connectivity index (χ2v) is 5.42. The molecule has 2 atom stereocenters. The molecule has 0 amide bonds. The summed E-state index contributed by atoms with van der Waals surface area (Å²) < 4.78 is 0. The number of hydrogen-bond donors (Lipinski definition) is 2. The van der Waals surface area contributed by atoms with Crippen LogP contribution in [0.25, 0.3) is 0 Å². The number of Topliss-reactive ketones (excluding diaryl/α,β-unsaturated/α-hetero) is 1. The van der Waals surface area contributed by atoms with Gasteiger partial charge in [-0.1, -0.05) is 60.7 Å². The zero-order chi connectivity index (χ0) is 15.1. The van der Waals surface area contributed by atoms with Crippen molar-refractivity contribution in [1.29, 1.82) is 0 Å². The summed E-state index contributed by atoms with van der Waals surface area (Å²) in [6.07, 6.45) is 1.59. The van der Waals surface area contributed by atoms with Crippen molar-refractivity contribution in [1.82, 2.24) is 0 Å². The first-order valence-electron chi connectivity index (χ1n) is 7.27. The molecule has 110 valence electrons. The smallest absolute Gasteiger partial charge is 0.151 e. The fourth-order valence-electron chi connectivity index (χ4n) is 2.38. The fourth-order valence-corrected chi connectivity index (χ4v) is 2.38. The summed E-state index contributed by atoms with van der Waals surface area (Å²) in [5, 5.41) is 0. The lowest BCUT2D eigenvalue weighted by Gasteiger charge is -2.15. The van der Waals surface area contributed by atoms with Crippen LogP contribution in [0.4, 0.5) is 0 Å². The van der Waals surface area contributed by atoms with Crippen molar-refractivity contribution in [2.45, 2.75) is 31.3 Å². The molecule has 2 unspecified atom stereocenters. The van der Waals surface area contributed by atoms with Gasteiger partial charge >= 0.3 is 0 Å². The summed E-state index contributed by atoms with van der Waals surface area (Å²) in [5.74, 6) is 0.0299. The van der Waals surface area contributed by atoms with E-state index in [1.54, 1.807) is 0 Å². The van der Waals surface area contributed by atoms with E-state index in [4.69, 9.17) is 11.5 Å². The highest BCUT2D eigenvalue weighted by Gasteiger charge is 2.17. The third kappa shape index (κ3) is 5.14. The molecule has 2 aromatic rings. The van der Waals surface area contributed by atoms with Gasteiger partial charge in [0.15, 0.2) is 5.78 Å². The molecule has 2 rings (SSSR count). The van der Waals surface area contributed by atoms with Gasteiger partial charge in [-0.2, -0.15) is 0 Å². The number of ketones is 1. The molecular weight excluding hydrogens is 260 g/mol. The van der Waals surface area contributed by atoms with Gasteiger partial charge in [0, 0.05) is 12.5 Å². The molecule has 0 aliphatic heterocycles. The quantitative estimate of drug-likeness (QED) is 0.817. The Morgan fingerprint density at radius 3 is 1.81 bits per heavy atom. The molecule has 0 aliphatic carbocycles. The minimum atomic E-state index is -0.478. The predicted molar refractivity (Wildman–Crippen MR) is 85.9 cm³/mol. The first-order chi connectivity index (χ1) is 10.1. The molecule has 0 saturated heterocycles. The lowest BCUT2D eigenvalue weighted by molar-refractivity contribution is -0.120. The van der Waals surface area contributed by atoms with Crippen LogP contribution in [0.1, 0.15) is 17.5 Å². The summed E-state index contributed by atoms with van der Waals surface area (Å²) in [7, 11) is 0. The lowest BCUT2D eigenvalue weighted by atomic mass is 9.96. The van der Waals surface area contributed by atoms with Crippen LogP contribution in [-0.4, -0.2) is 17.9 Å². The maximum absolute atomic E-state index is 12.1. The Labute approximate surface area is 126 Å². The van der Waals surface area contributed by atoms with Crippen LogP contribution >= 0.6 is 0 Å². The van der Waals surface area contributed by atoms with E-state index in [9.17, 15) is 4.79 Å². The Balaban J connectivity index is 1.83. The Morgan fingerprint density at radius 1 is 0.810 bits per heavy atom. The molecule has 0 spiro atoms. The van der Waals surface area contributed by atoms with Gasteiger partial charge in [0.05, 0.1) is 6.04 Å². The molecule has 0 fully saturated rings. The summed E-state index contributed by atoms with van der Waals surface area (Å²) in [6, 6.07) is 19.1. The van der Waals surface area contributed by atoms with E-state index >= 15 is 0 Å². The van der Waals surface area contributed by atoms with E-state index in [2.05, 4.69) is 0 Å². The van der Waals surface area contributed by atoms with Crippen molar-refractivity contribution in [3.8, 4) is 0 Å². The second kappa shape index (κ2) is 7.72. The zero-order valence-corrected chi connectivity index (χ0v) is 12.1. The topological polar surface area (TPSA) is 69.1 Å². The van der Waals surface area contributed by atoms with E-state index in [0.29, 0.717) is 19.3 Å². The molecule has 0 radical (unpaired) electrons. The van der Waals surface area contributed by atoms with E-state index in [-0.39, 0.29) is 11.8 Å². The average Bonchev–Trinajstić information content (AvgIpc) is 2.49. The van der Waals surface area contributed by atoms with Gasteiger partial charge in [0.25, 0.3) is 0 Å². The Morgan fingerprint density at radius 2 is 1.29 bits per heavy atom. The van der Waals surface area contributed by atoms with Crippen LogP contribution < -0.4 is 11.5 Å². The Hall–Kier alpha value is -1.97. The molecule has 0 aromatic heterocycles. The van der Waals surface area contributed by atoms with Crippen LogP contribution in [0.15, 0.2) is 60.7 Å². The van der Waals surface area contributed by atoms with Crippen molar-refractivity contribution in [2.75, 3.05) is 0 Å². The Bertz CT molecular complexity index is 554. The monoisotopic (exact) mass is 282 g/mol. The van der Waals surface area contributed by atoms with Gasteiger partial charge in [-0.3, -0.25) is 4.79 Å². The van der Waals surface area contributed by atoms with Crippen LogP contribution in [0, 0.1) is 0 Å². The number of carbonyl (C=O) groups is 1. The average molecular weight is 282 g/mol. The van der Waals surface area contributed by atoms with Crippen molar-refractivity contribution in [2.24, 2.45) is 11.5 Å². The second-order valence-electron chi connectivity index (χ2n) is 5.42. The number of rotatable bonds is 7. The molecule has 0 aliphatic rings. The van der Waals surface area contributed by atoms with Crippen molar-refractivity contribution in [3.63, 3.8) is 0 Å². The van der Waals surface area contributed by atoms with Crippen molar-refractivity contribution in [3.05, 3.63) is 71.8 Å². The molecule has 21 heavy (non-hydrogen) atoms. The van der Waals surface area contributed by atoms with Crippen LogP contribution in [0.2, 0.25) is 0 Å². The van der Waals surface area contributed by atoms with Crippen LogP contribution in [0.3, 0.4) is 0 Å². The predicted octanol–water partition coefficient (Wildman–Crippen LogP) is 2.09. The molecule has 0 bridgehead atoms. The van der Waals surface area contributed by atoms with Gasteiger partial charge in [0.1, 0.15) is 0 Å². The number of nitrogens with two attached hydrogens (primary N) is 2. The Kier molecular flexibility index (Phi) is 5.67. The highest BCUT2D eigenvalue weighted by Crippen LogP contribution is 2.08. The maximum Gasteiger partial charge on any atom is 0.151 e. The number of benzene rings is 2. The first-order valence-corrected chi connectivity index (χ1v) is 7.27. The molecular formula is C18H22N2O. The summed E-state index contributed by atoms with van der Waals surface area (Å²) >= 11 is 0. The third-order valence-electron chi connectivity index (χ3n) is 3.52. The summed E-state index contributed by atoms with van der Waals surface area (Å²) in [4.78, 5) is 12.1. The van der Waals surface area contributed by atoms with Crippen LogP contribution in [-0.2, 0) is 17.6 Å². The molecule has 0 saturated carbocycles. The molecule has 3 nitrogen and oxygen atoms in total. The minimum absolute atomic E-state index is 0.0299. The first kappa shape index (κ1) is 15.4. The van der Waals surface area contributed by atoms with Gasteiger partial charge in [-0.15, -0.1) is 0 Å². The van der Waals surface area contributed by atoms with E-state index in [1.807, 2.05) is 60.7 Å². The molecule has 3 heteroatoms. The highest BCUT2D eigenvalue weighted by atomic mass is 16.1. The molecule has 4 N–H and O–H groups in total. The normalized spacial score (nSPS) is 13.6. The lowest BCUT2D eigenvalue weighted by Crippen LogP contribution is -2.37. The van der Waals surface area contributed by atoms with Gasteiger partial charge < -0.3 is 11.5 Å². The summed E-state index contributed by atoms with van der Waals surface area (Å²) in [6.45, 7) is 0. The number of hydrogen-bond acceptors (Lipinski definition) is 3. The molecule has 0 heterocycles. The van der Waals surface area contributed by atoms with Gasteiger partial charge in [0.2, 0.25) is 0 Å². The number of carbonyl (C=O) groups excluding carboxylic acids is 1. The third-order valence-corrected chi connectivity index (χ3v) is 3.52. The fraction of sp³-hybridized carbons (Fsp3) is 0.278. The largest absolute Gasteiger partial charge is 0.327 e. The highest BCUT2D eigenvalue weighted by molar-refractivity contribution is 5.84. The van der Waals surface area contributed by atoms with E-state index < -0.39 is 6.04 Å². The maximum atomic E-state index is 12.1. The SMILES string of the molecule is NC(CC(=O)C(N)Cc1ccccc1)Cc1ccccc1. The van der Waals surface area contributed by atoms with E-state index in [1.165, 1.54) is 0 Å².